The SMILES string of the molecule is CC(C)(C)NC(=O)N[C@H](C(=O)N1C[C@H](Oc2ccc(Cl)cn2)C[C@H]1C(=O)N[C@@H](CC1CCC1)C(O)C(=O)NC1CC1)C(C)(C)C. The number of nitrogens with zero attached hydrogens (tertiary/aromatic N) is 2. The number of aliphatic hydroxyl groups excluding tert-OH is 1. The molecule has 2 saturated carbocycles. The lowest BCUT2D eigenvalue weighted by molar-refractivity contribution is -0.143. The van der Waals surface area contributed by atoms with Gasteiger partial charge in [0, 0.05) is 30.3 Å². The van der Waals surface area contributed by atoms with Gasteiger partial charge in [-0.2, -0.15) is 0 Å². The number of carbonyl (C=O) groups is 4. The molecule has 12 nitrogen and oxygen atoms in total. The van der Waals surface area contributed by atoms with Gasteiger partial charge in [0.2, 0.25) is 17.7 Å². The van der Waals surface area contributed by atoms with Gasteiger partial charge in [0.15, 0.2) is 6.10 Å². The maximum atomic E-state index is 14.2. The molecule has 0 bridgehead atoms. The summed E-state index contributed by atoms with van der Waals surface area (Å²) in [5.74, 6) is -0.846. The zero-order valence-electron chi connectivity index (χ0n) is 27.2. The zero-order valence-corrected chi connectivity index (χ0v) is 27.9. The molecule has 0 aromatic carbocycles. The molecule has 1 unspecified atom stereocenters. The lowest BCUT2D eigenvalue weighted by Gasteiger charge is -2.37. The number of hydrogen-bond acceptors (Lipinski definition) is 7. The Balaban J connectivity index is 1.57. The van der Waals surface area contributed by atoms with Crippen molar-refractivity contribution in [2.45, 2.75) is 128 Å². The van der Waals surface area contributed by atoms with E-state index in [9.17, 15) is 24.3 Å². The first-order chi connectivity index (χ1) is 21.0. The molecule has 1 aromatic heterocycles. The fraction of sp³-hybridized carbons (Fsp3) is 0.719. The average molecular weight is 649 g/mol. The highest BCUT2D eigenvalue weighted by molar-refractivity contribution is 6.30. The van der Waals surface area contributed by atoms with Crippen molar-refractivity contribution >= 4 is 35.4 Å². The van der Waals surface area contributed by atoms with E-state index in [0.29, 0.717) is 23.2 Å². The van der Waals surface area contributed by atoms with Crippen LogP contribution in [0.5, 0.6) is 5.88 Å². The summed E-state index contributed by atoms with van der Waals surface area (Å²) in [6.07, 6.45) is 4.80. The van der Waals surface area contributed by atoms with Crippen molar-refractivity contribution in [3.63, 3.8) is 0 Å². The summed E-state index contributed by atoms with van der Waals surface area (Å²) in [5, 5.41) is 22.9. The van der Waals surface area contributed by atoms with Gasteiger partial charge in [-0.05, 0) is 57.4 Å². The molecule has 2 heterocycles. The second kappa shape index (κ2) is 14.1. The molecule has 3 fully saturated rings. The summed E-state index contributed by atoms with van der Waals surface area (Å²) < 4.78 is 6.08. The second-order valence-corrected chi connectivity index (χ2v) is 15.3. The quantitative estimate of drug-likeness (QED) is 0.246. The third kappa shape index (κ3) is 9.93. The molecule has 1 aliphatic heterocycles. The predicted octanol–water partition coefficient (Wildman–Crippen LogP) is 2.91. The molecule has 5 atom stereocenters. The lowest BCUT2D eigenvalue weighted by Crippen LogP contribution is -2.61. The van der Waals surface area contributed by atoms with Crippen LogP contribution in [0.3, 0.4) is 0 Å². The van der Waals surface area contributed by atoms with Crippen LogP contribution in [0.25, 0.3) is 0 Å². The highest BCUT2D eigenvalue weighted by Crippen LogP contribution is 2.32. The molecule has 3 aliphatic rings. The Kier molecular flexibility index (Phi) is 10.9. The predicted molar refractivity (Wildman–Crippen MR) is 170 cm³/mol. The van der Waals surface area contributed by atoms with Crippen LogP contribution in [-0.2, 0) is 14.4 Å². The van der Waals surface area contributed by atoms with E-state index >= 15 is 0 Å². The van der Waals surface area contributed by atoms with E-state index < -0.39 is 65.0 Å². The second-order valence-electron chi connectivity index (χ2n) is 14.8. The van der Waals surface area contributed by atoms with Gasteiger partial charge in [0.1, 0.15) is 18.2 Å². The van der Waals surface area contributed by atoms with Crippen molar-refractivity contribution in [1.82, 2.24) is 31.2 Å². The van der Waals surface area contributed by atoms with Crippen LogP contribution in [0.4, 0.5) is 4.79 Å². The number of ether oxygens (including phenoxy) is 1. The van der Waals surface area contributed by atoms with E-state index in [1.165, 1.54) is 11.1 Å². The first-order valence-corrected chi connectivity index (χ1v) is 16.3. The summed E-state index contributed by atoms with van der Waals surface area (Å²) in [6, 6.07) is 0.0509. The van der Waals surface area contributed by atoms with Gasteiger partial charge in [-0.1, -0.05) is 51.6 Å². The van der Waals surface area contributed by atoms with Gasteiger partial charge in [0.25, 0.3) is 5.91 Å². The van der Waals surface area contributed by atoms with Gasteiger partial charge in [0.05, 0.1) is 17.6 Å². The molecule has 0 radical (unpaired) electrons. The van der Waals surface area contributed by atoms with Crippen molar-refractivity contribution in [2.24, 2.45) is 11.3 Å². The highest BCUT2D eigenvalue weighted by atomic mass is 35.5. The van der Waals surface area contributed by atoms with E-state index in [1.54, 1.807) is 12.1 Å². The van der Waals surface area contributed by atoms with E-state index in [-0.39, 0.29) is 19.0 Å². The summed E-state index contributed by atoms with van der Waals surface area (Å²) in [6.45, 7) is 11.1. The molecule has 45 heavy (non-hydrogen) atoms. The normalized spacial score (nSPS) is 22.4. The minimum Gasteiger partial charge on any atom is -0.472 e. The van der Waals surface area contributed by atoms with Gasteiger partial charge >= 0.3 is 6.03 Å². The number of likely N-dealkylation sites (tertiary alicyclic amines) is 1. The summed E-state index contributed by atoms with van der Waals surface area (Å²) in [4.78, 5) is 59.6. The number of aliphatic hydroxyl groups is 1. The number of nitrogens with one attached hydrogen (secondary N) is 4. The van der Waals surface area contributed by atoms with Crippen LogP contribution in [-0.4, -0.2) is 87.2 Å². The summed E-state index contributed by atoms with van der Waals surface area (Å²) in [7, 11) is 0. The summed E-state index contributed by atoms with van der Waals surface area (Å²) in [5.41, 5.74) is -1.23. The van der Waals surface area contributed by atoms with Crippen LogP contribution >= 0.6 is 11.6 Å². The average Bonchev–Trinajstić information content (AvgIpc) is 3.62. The number of amides is 5. The Morgan fingerprint density at radius 2 is 1.76 bits per heavy atom. The largest absolute Gasteiger partial charge is 0.472 e. The minimum atomic E-state index is -1.42. The van der Waals surface area contributed by atoms with Crippen molar-refractivity contribution in [3.8, 4) is 5.88 Å². The fourth-order valence-corrected chi connectivity index (χ4v) is 5.74. The Morgan fingerprint density at radius 3 is 2.29 bits per heavy atom. The lowest BCUT2D eigenvalue weighted by atomic mass is 9.79. The smallest absolute Gasteiger partial charge is 0.315 e. The molecule has 1 saturated heterocycles. The number of carbonyl (C=O) groups excluding carboxylic acids is 4. The van der Waals surface area contributed by atoms with Crippen LogP contribution in [0, 0.1) is 11.3 Å². The third-order valence-corrected chi connectivity index (χ3v) is 8.65. The number of hydrogen-bond donors (Lipinski definition) is 5. The van der Waals surface area contributed by atoms with Gasteiger partial charge < -0.3 is 36.0 Å². The van der Waals surface area contributed by atoms with Crippen LogP contribution in [0.15, 0.2) is 18.3 Å². The van der Waals surface area contributed by atoms with Gasteiger partial charge in [-0.3, -0.25) is 14.4 Å². The molecule has 5 amide bonds. The van der Waals surface area contributed by atoms with E-state index in [1.807, 2.05) is 41.5 Å². The molecule has 5 N–H and O–H groups in total. The Bertz CT molecular complexity index is 1220. The van der Waals surface area contributed by atoms with Crippen molar-refractivity contribution < 1.29 is 29.0 Å². The summed E-state index contributed by atoms with van der Waals surface area (Å²) >= 11 is 5.98. The van der Waals surface area contributed by atoms with E-state index in [0.717, 1.165) is 32.1 Å². The maximum absolute atomic E-state index is 14.2. The van der Waals surface area contributed by atoms with E-state index in [4.69, 9.17) is 16.3 Å². The van der Waals surface area contributed by atoms with Gasteiger partial charge in [-0.25, -0.2) is 9.78 Å². The Labute approximate surface area is 270 Å². The zero-order chi connectivity index (χ0) is 33.1. The molecular weight excluding hydrogens is 600 g/mol. The molecule has 4 rings (SSSR count). The molecule has 1 aromatic rings. The van der Waals surface area contributed by atoms with Crippen molar-refractivity contribution in [3.05, 3.63) is 23.4 Å². The number of pyridine rings is 1. The van der Waals surface area contributed by atoms with E-state index in [2.05, 4.69) is 26.3 Å². The van der Waals surface area contributed by atoms with Gasteiger partial charge in [-0.15, -0.1) is 0 Å². The molecule has 2 aliphatic carbocycles. The monoisotopic (exact) mass is 648 g/mol. The van der Waals surface area contributed by atoms with Crippen molar-refractivity contribution in [2.75, 3.05) is 6.54 Å². The first-order valence-electron chi connectivity index (χ1n) is 16.0. The maximum Gasteiger partial charge on any atom is 0.315 e. The molecule has 13 heteroatoms. The fourth-order valence-electron chi connectivity index (χ4n) is 5.63. The number of aromatic nitrogens is 1. The van der Waals surface area contributed by atoms with Crippen LogP contribution in [0.2, 0.25) is 5.02 Å². The molecule has 0 spiro atoms. The minimum absolute atomic E-state index is 0.0619. The number of halogens is 1. The highest BCUT2D eigenvalue weighted by Gasteiger charge is 2.47. The van der Waals surface area contributed by atoms with Crippen molar-refractivity contribution in [1.29, 1.82) is 0 Å². The Morgan fingerprint density at radius 1 is 1.07 bits per heavy atom. The Hall–Kier alpha value is -3.12. The topological polar surface area (TPSA) is 162 Å². The van der Waals surface area contributed by atoms with Crippen LogP contribution < -0.4 is 26.0 Å². The van der Waals surface area contributed by atoms with Crippen LogP contribution in [0.1, 0.15) is 86.5 Å². The number of rotatable bonds is 11. The standard InChI is InChI=1S/C32H49ClN6O6/c1-31(2,3)26(37-30(44)38-32(4,5)6)29(43)39-17-21(45-24-13-10-19(33)16-34-24)15-23(39)27(41)36-22(14-18-8-7-9-18)25(40)28(42)35-20-11-12-20/h10,13,16,18,20-23,25-26,40H,7-9,11-12,14-15,17H2,1-6H3,(H,35,42)(H,36,41)(H2,37,38,44)/t21-,22+,23+,25?,26-/m1/s1. The number of urea groups is 1. The first kappa shape index (κ1) is 34.7. The third-order valence-electron chi connectivity index (χ3n) is 8.43. The molecular formula is C32H49ClN6O6. The molecule has 250 valence electrons.